The van der Waals surface area contributed by atoms with Gasteiger partial charge in [-0.1, -0.05) is 120 Å². The van der Waals surface area contributed by atoms with E-state index in [0.29, 0.717) is 12.2 Å². The third-order valence-electron chi connectivity index (χ3n) is 7.84. The molecule has 2 aromatic carbocycles. The number of carboxylic acid groups (broad SMARTS) is 1. The Kier molecular flexibility index (Phi) is 13.7. The molecule has 0 amide bonds. The van der Waals surface area contributed by atoms with Gasteiger partial charge in [-0.2, -0.15) is 0 Å². The van der Waals surface area contributed by atoms with E-state index in [1.54, 1.807) is 12.1 Å². The number of aromatic carboxylic acids is 1. The Hall–Kier alpha value is -2.69. The minimum absolute atomic E-state index is 0.0652. The fraction of sp³-hybridized carbons (Fsp3) is 0.528. The van der Waals surface area contributed by atoms with Gasteiger partial charge in [-0.25, -0.2) is 4.79 Å². The first-order valence-corrected chi connectivity index (χ1v) is 15.5. The number of unbranched alkanes of at least 4 members (excludes halogenated alkanes) is 8. The van der Waals surface area contributed by atoms with Crippen LogP contribution in [0.3, 0.4) is 0 Å². The van der Waals surface area contributed by atoms with Crippen molar-refractivity contribution in [3.63, 3.8) is 0 Å². The quantitative estimate of drug-likeness (QED) is 0.141. The average Bonchev–Trinajstić information content (AvgIpc) is 2.97. The SMILES string of the molecule is CCCCCCCC[C@@H](C)OC1(c2ccccc2COCCCCCC)C=CC(c2ccc(C(=O)O)cc2)C=C1. The summed E-state index contributed by atoms with van der Waals surface area (Å²) in [6, 6.07) is 15.6. The van der Waals surface area contributed by atoms with Gasteiger partial charge in [0.15, 0.2) is 0 Å². The second-order valence-electron chi connectivity index (χ2n) is 11.2. The number of rotatable bonds is 19. The van der Waals surface area contributed by atoms with E-state index >= 15 is 0 Å². The lowest BCUT2D eigenvalue weighted by Crippen LogP contribution is -2.32. The Morgan fingerprint density at radius 3 is 2.15 bits per heavy atom. The van der Waals surface area contributed by atoms with Gasteiger partial charge in [0, 0.05) is 12.5 Å². The van der Waals surface area contributed by atoms with Gasteiger partial charge in [-0.15, -0.1) is 0 Å². The lowest BCUT2D eigenvalue weighted by Gasteiger charge is -2.36. The smallest absolute Gasteiger partial charge is 0.335 e. The van der Waals surface area contributed by atoms with Gasteiger partial charge >= 0.3 is 5.97 Å². The summed E-state index contributed by atoms with van der Waals surface area (Å²) in [5, 5.41) is 9.27. The van der Waals surface area contributed by atoms with Gasteiger partial charge in [-0.3, -0.25) is 0 Å². The third kappa shape index (κ3) is 9.74. The van der Waals surface area contributed by atoms with Crippen LogP contribution in [-0.2, 0) is 21.7 Å². The molecule has 1 atom stereocenters. The summed E-state index contributed by atoms with van der Waals surface area (Å²) in [6.07, 6.45) is 22.3. The highest BCUT2D eigenvalue weighted by atomic mass is 16.5. The van der Waals surface area contributed by atoms with Crippen molar-refractivity contribution >= 4 is 5.97 Å². The zero-order valence-corrected chi connectivity index (χ0v) is 24.9. The predicted octanol–water partition coefficient (Wildman–Crippen LogP) is 9.74. The number of allylic oxidation sites excluding steroid dienone is 2. The van der Waals surface area contributed by atoms with E-state index in [1.807, 2.05) is 12.1 Å². The highest BCUT2D eigenvalue weighted by Gasteiger charge is 2.34. The van der Waals surface area contributed by atoms with E-state index in [2.05, 4.69) is 69.3 Å². The minimum Gasteiger partial charge on any atom is -0.478 e. The number of benzene rings is 2. The minimum atomic E-state index is -0.905. The molecule has 0 radical (unpaired) electrons. The van der Waals surface area contributed by atoms with Crippen LogP contribution >= 0.6 is 0 Å². The molecular formula is C36H50O4. The van der Waals surface area contributed by atoms with Crippen molar-refractivity contribution in [3.05, 3.63) is 95.1 Å². The molecule has 0 bridgehead atoms. The lowest BCUT2D eigenvalue weighted by molar-refractivity contribution is -0.0355. The van der Waals surface area contributed by atoms with Crippen molar-refractivity contribution < 1.29 is 19.4 Å². The fourth-order valence-electron chi connectivity index (χ4n) is 5.45. The van der Waals surface area contributed by atoms with Crippen molar-refractivity contribution in [1.29, 1.82) is 0 Å². The molecule has 1 aliphatic rings. The number of carbonyl (C=O) groups is 1. The van der Waals surface area contributed by atoms with Crippen molar-refractivity contribution in [3.8, 4) is 0 Å². The average molecular weight is 547 g/mol. The van der Waals surface area contributed by atoms with Gasteiger partial charge in [0.2, 0.25) is 0 Å². The van der Waals surface area contributed by atoms with Crippen LogP contribution in [0.2, 0.25) is 0 Å². The van der Waals surface area contributed by atoms with Crippen LogP contribution in [0.4, 0.5) is 0 Å². The van der Waals surface area contributed by atoms with Gasteiger partial charge in [0.1, 0.15) is 5.60 Å². The molecule has 4 nitrogen and oxygen atoms in total. The summed E-state index contributed by atoms with van der Waals surface area (Å²) < 4.78 is 13.0. The number of ether oxygens (including phenoxy) is 2. The van der Waals surface area contributed by atoms with E-state index in [0.717, 1.165) is 36.1 Å². The number of hydrogen-bond acceptors (Lipinski definition) is 3. The van der Waals surface area contributed by atoms with Gasteiger partial charge in [-0.05, 0) is 60.7 Å². The number of hydrogen-bond donors (Lipinski definition) is 1. The summed E-state index contributed by atoms with van der Waals surface area (Å²) in [6.45, 7) is 8.02. The molecule has 218 valence electrons. The molecule has 0 fully saturated rings. The molecular weight excluding hydrogens is 496 g/mol. The molecule has 4 heteroatoms. The Morgan fingerprint density at radius 2 is 1.48 bits per heavy atom. The van der Waals surface area contributed by atoms with E-state index in [-0.39, 0.29) is 12.0 Å². The molecule has 0 aliphatic heterocycles. The molecule has 1 N–H and O–H groups in total. The Balaban J connectivity index is 1.77. The molecule has 0 saturated carbocycles. The summed E-state index contributed by atoms with van der Waals surface area (Å²) >= 11 is 0. The third-order valence-corrected chi connectivity index (χ3v) is 7.84. The maximum atomic E-state index is 11.3. The maximum Gasteiger partial charge on any atom is 0.335 e. The Morgan fingerprint density at radius 1 is 0.850 bits per heavy atom. The molecule has 3 rings (SSSR count). The molecule has 1 aliphatic carbocycles. The highest BCUT2D eigenvalue weighted by Crippen LogP contribution is 2.39. The van der Waals surface area contributed by atoms with Crippen LogP contribution in [0.15, 0.2) is 72.8 Å². The largest absolute Gasteiger partial charge is 0.478 e. The summed E-state index contributed by atoms with van der Waals surface area (Å²) in [4.78, 5) is 11.3. The summed E-state index contributed by atoms with van der Waals surface area (Å²) in [7, 11) is 0. The first kappa shape index (κ1) is 31.8. The lowest BCUT2D eigenvalue weighted by atomic mass is 9.82. The zero-order chi connectivity index (χ0) is 28.6. The second kappa shape index (κ2) is 17.2. The predicted molar refractivity (Wildman–Crippen MR) is 165 cm³/mol. The van der Waals surface area contributed by atoms with Crippen LogP contribution in [0.1, 0.15) is 124 Å². The van der Waals surface area contributed by atoms with Crippen LogP contribution in [0, 0.1) is 0 Å². The summed E-state index contributed by atoms with van der Waals surface area (Å²) in [5.41, 5.74) is 2.99. The normalized spacial score (nSPS) is 19.1. The molecule has 2 aromatic rings. The standard InChI is InChI=1S/C36H50O4/c1-4-6-8-10-11-12-16-29(3)40-36(34-18-14-13-17-33(34)28-39-27-15-9-7-5-2)25-23-31(24-26-36)30-19-21-32(22-20-30)35(37)38/h13-14,17-26,29,31H,4-12,15-16,27-28H2,1-3H3,(H,37,38)/t29-,31?,36?/m1/s1. The van der Waals surface area contributed by atoms with Crippen molar-refractivity contribution in [2.75, 3.05) is 6.61 Å². The summed E-state index contributed by atoms with van der Waals surface area (Å²) in [5.74, 6) is -0.840. The van der Waals surface area contributed by atoms with E-state index in [4.69, 9.17) is 9.47 Å². The highest BCUT2D eigenvalue weighted by molar-refractivity contribution is 5.87. The van der Waals surface area contributed by atoms with Gasteiger partial charge in [0.05, 0.1) is 18.3 Å². The van der Waals surface area contributed by atoms with E-state index < -0.39 is 11.6 Å². The molecule has 0 heterocycles. The molecule has 40 heavy (non-hydrogen) atoms. The van der Waals surface area contributed by atoms with Crippen LogP contribution < -0.4 is 0 Å². The first-order chi connectivity index (χ1) is 19.5. The van der Waals surface area contributed by atoms with Crippen LogP contribution in [0.25, 0.3) is 0 Å². The molecule has 0 aromatic heterocycles. The monoisotopic (exact) mass is 546 g/mol. The van der Waals surface area contributed by atoms with Crippen molar-refractivity contribution in [1.82, 2.24) is 0 Å². The Bertz CT molecular complexity index is 1050. The maximum absolute atomic E-state index is 11.3. The zero-order valence-electron chi connectivity index (χ0n) is 24.9. The Labute approximate surface area is 242 Å². The fourth-order valence-corrected chi connectivity index (χ4v) is 5.45. The van der Waals surface area contributed by atoms with Crippen LogP contribution in [0.5, 0.6) is 0 Å². The van der Waals surface area contributed by atoms with Crippen molar-refractivity contribution in [2.45, 2.75) is 116 Å². The molecule has 0 saturated heterocycles. The van der Waals surface area contributed by atoms with Crippen LogP contribution in [-0.4, -0.2) is 23.8 Å². The van der Waals surface area contributed by atoms with Gasteiger partial charge in [0.25, 0.3) is 0 Å². The van der Waals surface area contributed by atoms with Crippen molar-refractivity contribution in [2.24, 2.45) is 0 Å². The van der Waals surface area contributed by atoms with E-state index in [9.17, 15) is 9.90 Å². The molecule has 0 unspecified atom stereocenters. The number of carboxylic acids is 1. The first-order valence-electron chi connectivity index (χ1n) is 15.5. The molecule has 0 spiro atoms. The topological polar surface area (TPSA) is 55.8 Å². The second-order valence-corrected chi connectivity index (χ2v) is 11.2. The van der Waals surface area contributed by atoms with E-state index in [1.165, 1.54) is 57.8 Å². The van der Waals surface area contributed by atoms with Gasteiger partial charge < -0.3 is 14.6 Å².